The molecular weight excluding hydrogens is 178 g/mol. The van der Waals surface area contributed by atoms with Crippen LogP contribution in [0.4, 0.5) is 4.79 Å². The van der Waals surface area contributed by atoms with Crippen LogP contribution in [0.1, 0.15) is 5.56 Å². The van der Waals surface area contributed by atoms with E-state index in [1.54, 1.807) is 0 Å². The summed E-state index contributed by atoms with van der Waals surface area (Å²) >= 11 is 0. The Bertz CT molecular complexity index is 274. The second-order valence-corrected chi connectivity index (χ2v) is 2.81. The lowest BCUT2D eigenvalue weighted by atomic mass is 10.2. The second-order valence-electron chi connectivity index (χ2n) is 2.81. The molecule has 2 amide bonds. The van der Waals surface area contributed by atoms with Gasteiger partial charge in [-0.1, -0.05) is 30.3 Å². The molecule has 4 nitrogen and oxygen atoms in total. The van der Waals surface area contributed by atoms with Gasteiger partial charge in [-0.3, -0.25) is 0 Å². The SMILES string of the molecule is NCC[N]C(=O)NCc1ccccc1. The third-order valence-electron chi connectivity index (χ3n) is 1.67. The van der Waals surface area contributed by atoms with E-state index in [2.05, 4.69) is 10.6 Å². The monoisotopic (exact) mass is 192 g/mol. The van der Waals surface area contributed by atoms with Crippen LogP contribution in [0.3, 0.4) is 0 Å². The molecule has 0 aliphatic heterocycles. The Morgan fingerprint density at radius 1 is 1.36 bits per heavy atom. The van der Waals surface area contributed by atoms with Crippen molar-refractivity contribution in [2.24, 2.45) is 5.73 Å². The zero-order valence-electron chi connectivity index (χ0n) is 7.94. The molecule has 0 spiro atoms. The molecule has 0 aromatic heterocycles. The van der Waals surface area contributed by atoms with Gasteiger partial charge in [-0.25, -0.2) is 10.1 Å². The smallest absolute Gasteiger partial charge is 0.332 e. The molecule has 1 rings (SSSR count). The van der Waals surface area contributed by atoms with Crippen LogP contribution in [-0.4, -0.2) is 19.1 Å². The number of rotatable bonds is 4. The molecule has 0 saturated heterocycles. The standard InChI is InChI=1S/C10H14N3O/c11-6-7-12-10(14)13-8-9-4-2-1-3-5-9/h1-5H,6-8,11H2,(H,13,14). The summed E-state index contributed by atoms with van der Waals surface area (Å²) in [6, 6.07) is 9.38. The molecule has 3 N–H and O–H groups in total. The number of hydrogen-bond donors (Lipinski definition) is 2. The van der Waals surface area contributed by atoms with Crippen molar-refractivity contribution in [2.75, 3.05) is 13.1 Å². The number of nitrogens with one attached hydrogen (secondary N) is 1. The van der Waals surface area contributed by atoms with E-state index in [9.17, 15) is 4.79 Å². The summed E-state index contributed by atoms with van der Waals surface area (Å²) in [7, 11) is 0. The Hall–Kier alpha value is -1.55. The van der Waals surface area contributed by atoms with Crippen molar-refractivity contribution in [3.63, 3.8) is 0 Å². The highest BCUT2D eigenvalue weighted by Crippen LogP contribution is 1.96. The minimum absolute atomic E-state index is 0.306. The van der Waals surface area contributed by atoms with E-state index in [0.29, 0.717) is 19.6 Å². The summed E-state index contributed by atoms with van der Waals surface area (Å²) in [5.74, 6) is 0. The average molecular weight is 192 g/mol. The van der Waals surface area contributed by atoms with Gasteiger partial charge < -0.3 is 11.1 Å². The number of nitrogens with two attached hydrogens (primary N) is 1. The molecule has 1 aromatic carbocycles. The molecule has 0 fully saturated rings. The number of amides is 2. The van der Waals surface area contributed by atoms with Crippen LogP contribution in [0.25, 0.3) is 0 Å². The number of benzene rings is 1. The molecule has 75 valence electrons. The first kappa shape index (κ1) is 10.5. The molecule has 0 atom stereocenters. The van der Waals surface area contributed by atoms with Crippen LogP contribution >= 0.6 is 0 Å². The van der Waals surface area contributed by atoms with Gasteiger partial charge in [0, 0.05) is 13.1 Å². The van der Waals surface area contributed by atoms with Gasteiger partial charge in [0.15, 0.2) is 0 Å². The molecule has 0 heterocycles. The lowest BCUT2D eigenvalue weighted by Gasteiger charge is -2.03. The zero-order valence-corrected chi connectivity index (χ0v) is 7.94. The third-order valence-corrected chi connectivity index (χ3v) is 1.67. The molecule has 0 bridgehead atoms. The van der Waals surface area contributed by atoms with Gasteiger partial charge in [-0.2, -0.15) is 0 Å². The predicted octanol–water partition coefficient (Wildman–Crippen LogP) is 0.459. The summed E-state index contributed by atoms with van der Waals surface area (Å²) in [6.45, 7) is 1.28. The van der Waals surface area contributed by atoms with Gasteiger partial charge in [0.25, 0.3) is 0 Å². The van der Waals surface area contributed by atoms with Gasteiger partial charge in [-0.05, 0) is 5.56 Å². The zero-order chi connectivity index (χ0) is 10.2. The van der Waals surface area contributed by atoms with E-state index >= 15 is 0 Å². The summed E-state index contributed by atoms with van der Waals surface area (Å²) in [5.41, 5.74) is 6.27. The van der Waals surface area contributed by atoms with Crippen LogP contribution in [0, 0.1) is 0 Å². The highest BCUT2D eigenvalue weighted by molar-refractivity contribution is 5.73. The third kappa shape index (κ3) is 3.91. The normalized spacial score (nSPS) is 9.50. The predicted molar refractivity (Wildman–Crippen MR) is 54.7 cm³/mol. The number of carbonyl (C=O) groups is 1. The first-order chi connectivity index (χ1) is 6.83. The number of hydrogen-bond acceptors (Lipinski definition) is 2. The van der Waals surface area contributed by atoms with Crippen LogP contribution in [0.5, 0.6) is 0 Å². The molecule has 4 heteroatoms. The lowest BCUT2D eigenvalue weighted by molar-refractivity contribution is 0.240. The van der Waals surface area contributed by atoms with Crippen molar-refractivity contribution in [3.05, 3.63) is 35.9 Å². The van der Waals surface area contributed by atoms with Crippen molar-refractivity contribution in [2.45, 2.75) is 6.54 Å². The minimum atomic E-state index is -0.306. The highest BCUT2D eigenvalue weighted by Gasteiger charge is 1.99. The maximum absolute atomic E-state index is 11.0. The molecule has 0 aliphatic carbocycles. The summed E-state index contributed by atoms with van der Waals surface area (Å²) in [4.78, 5) is 11.0. The number of urea groups is 1. The van der Waals surface area contributed by atoms with Crippen molar-refractivity contribution in [1.82, 2.24) is 10.6 Å². The molecule has 1 radical (unpaired) electrons. The van der Waals surface area contributed by atoms with Crippen molar-refractivity contribution < 1.29 is 4.79 Å². The van der Waals surface area contributed by atoms with E-state index < -0.39 is 0 Å². The number of carbonyl (C=O) groups excluding carboxylic acids is 1. The second kappa shape index (κ2) is 5.99. The average Bonchev–Trinajstić information content (AvgIpc) is 2.25. The van der Waals surface area contributed by atoms with Crippen LogP contribution in [0.15, 0.2) is 30.3 Å². The first-order valence-corrected chi connectivity index (χ1v) is 4.52. The summed E-state index contributed by atoms with van der Waals surface area (Å²) < 4.78 is 0. The van der Waals surface area contributed by atoms with Crippen LogP contribution < -0.4 is 16.4 Å². The Kier molecular flexibility index (Phi) is 4.50. The first-order valence-electron chi connectivity index (χ1n) is 4.52. The van der Waals surface area contributed by atoms with Gasteiger partial charge in [0.1, 0.15) is 0 Å². The maximum atomic E-state index is 11.0. The highest BCUT2D eigenvalue weighted by atomic mass is 16.2. The van der Waals surface area contributed by atoms with E-state index in [0.717, 1.165) is 5.56 Å². The quantitative estimate of drug-likeness (QED) is 0.727. The molecule has 14 heavy (non-hydrogen) atoms. The maximum Gasteiger partial charge on any atom is 0.336 e. The van der Waals surface area contributed by atoms with Crippen molar-refractivity contribution in [1.29, 1.82) is 0 Å². The molecule has 0 unspecified atom stereocenters. The molecular formula is C10H14N3O. The van der Waals surface area contributed by atoms with Gasteiger partial charge in [0.05, 0.1) is 6.54 Å². The van der Waals surface area contributed by atoms with Crippen molar-refractivity contribution >= 4 is 6.03 Å². The Morgan fingerprint density at radius 2 is 2.07 bits per heavy atom. The molecule has 0 aliphatic rings. The molecule has 0 saturated carbocycles. The van der Waals surface area contributed by atoms with E-state index in [1.807, 2.05) is 30.3 Å². The minimum Gasteiger partial charge on any atom is -0.332 e. The van der Waals surface area contributed by atoms with E-state index in [4.69, 9.17) is 5.73 Å². The summed E-state index contributed by atoms with van der Waals surface area (Å²) in [5, 5.41) is 6.36. The Balaban J connectivity index is 2.24. The van der Waals surface area contributed by atoms with Crippen LogP contribution in [0.2, 0.25) is 0 Å². The fourth-order valence-corrected chi connectivity index (χ4v) is 0.996. The van der Waals surface area contributed by atoms with Gasteiger partial charge >= 0.3 is 6.03 Å². The summed E-state index contributed by atoms with van der Waals surface area (Å²) in [6.07, 6.45) is 0. The van der Waals surface area contributed by atoms with Gasteiger partial charge in [0.2, 0.25) is 0 Å². The fourth-order valence-electron chi connectivity index (χ4n) is 0.996. The largest absolute Gasteiger partial charge is 0.336 e. The van der Waals surface area contributed by atoms with Crippen LogP contribution in [-0.2, 0) is 6.54 Å². The van der Waals surface area contributed by atoms with Crippen molar-refractivity contribution in [3.8, 4) is 0 Å². The van der Waals surface area contributed by atoms with E-state index in [1.165, 1.54) is 0 Å². The number of nitrogens with zero attached hydrogens (tertiary/aromatic N) is 1. The Labute approximate surface area is 83.5 Å². The topological polar surface area (TPSA) is 69.2 Å². The van der Waals surface area contributed by atoms with E-state index in [-0.39, 0.29) is 6.03 Å². The fraction of sp³-hybridized carbons (Fsp3) is 0.300. The Morgan fingerprint density at radius 3 is 2.71 bits per heavy atom. The van der Waals surface area contributed by atoms with Gasteiger partial charge in [-0.15, -0.1) is 0 Å². The lowest BCUT2D eigenvalue weighted by Crippen LogP contribution is -2.32. The molecule has 1 aromatic rings.